The first-order valence-corrected chi connectivity index (χ1v) is 9.72. The molecule has 8 heteroatoms. The first kappa shape index (κ1) is 22.4. The summed E-state index contributed by atoms with van der Waals surface area (Å²) in [5.74, 6) is 0.277. The number of ether oxygens (including phenoxy) is 1. The number of allylic oxidation sites excluding steroid dienone is 1. The summed E-state index contributed by atoms with van der Waals surface area (Å²) in [6.45, 7) is 9.34. The lowest BCUT2D eigenvalue weighted by Crippen LogP contribution is -2.20. The third kappa shape index (κ3) is 6.32. The Morgan fingerprint density at radius 2 is 1.76 bits per heavy atom. The molecule has 0 saturated carbocycles. The first-order chi connectivity index (χ1) is 13.7. The number of nitrogens with zero attached hydrogens (tertiary/aromatic N) is 2. The van der Waals surface area contributed by atoms with Gasteiger partial charge in [-0.3, -0.25) is 5.01 Å². The van der Waals surface area contributed by atoms with Crippen molar-refractivity contribution in [1.82, 2.24) is 5.01 Å². The molecule has 6 nitrogen and oxygen atoms in total. The van der Waals surface area contributed by atoms with Gasteiger partial charge in [-0.15, -0.1) is 0 Å². The Bertz CT molecular complexity index is 909. The fourth-order valence-electron chi connectivity index (χ4n) is 2.63. The number of anilines is 2. The van der Waals surface area contributed by atoms with E-state index in [0.717, 1.165) is 15.7 Å². The first-order valence-electron chi connectivity index (χ1n) is 8.92. The SMILES string of the molecule is C=NN(C)/C(=C(\C)Br)c1cc(NC(=O)Nc2ccc(F)cc2)ccc1OC(C)C. The van der Waals surface area contributed by atoms with Gasteiger partial charge < -0.3 is 15.4 Å². The van der Waals surface area contributed by atoms with Crippen LogP contribution in [0.5, 0.6) is 5.75 Å². The molecule has 2 aromatic carbocycles. The van der Waals surface area contributed by atoms with Crippen LogP contribution in [0.15, 0.2) is 52.0 Å². The van der Waals surface area contributed by atoms with E-state index in [9.17, 15) is 9.18 Å². The molecule has 2 amide bonds. The number of hydrogen-bond donors (Lipinski definition) is 2. The maximum Gasteiger partial charge on any atom is 0.323 e. The van der Waals surface area contributed by atoms with Gasteiger partial charge in [0, 0.05) is 35.2 Å². The molecule has 0 unspecified atom stereocenters. The molecule has 2 N–H and O–H groups in total. The number of hydrazone groups is 1. The largest absolute Gasteiger partial charge is 0.490 e. The van der Waals surface area contributed by atoms with E-state index in [1.807, 2.05) is 20.8 Å². The topological polar surface area (TPSA) is 66.0 Å². The van der Waals surface area contributed by atoms with E-state index in [1.165, 1.54) is 24.3 Å². The second kappa shape index (κ2) is 10.1. The molecule has 0 aliphatic carbocycles. The minimum Gasteiger partial charge on any atom is -0.490 e. The number of carbonyl (C=O) groups excluding carboxylic acids is 1. The van der Waals surface area contributed by atoms with E-state index >= 15 is 0 Å². The lowest BCUT2D eigenvalue weighted by atomic mass is 10.1. The van der Waals surface area contributed by atoms with Crippen LogP contribution in [0.3, 0.4) is 0 Å². The standard InChI is InChI=1S/C21H24BrFN4O2/c1-13(2)29-19-11-10-17(12-18(19)20(14(3)22)27(5)24-4)26-21(28)25-16-8-6-15(23)7-9-16/h6-13H,4H2,1-3,5H3,(H2,25,26,28)/b20-14+. The van der Waals surface area contributed by atoms with Crippen molar-refractivity contribution in [2.75, 3.05) is 17.7 Å². The third-order valence-corrected chi connectivity index (χ3v) is 4.19. The highest BCUT2D eigenvalue weighted by molar-refractivity contribution is 9.11. The highest BCUT2D eigenvalue weighted by atomic mass is 79.9. The molecule has 2 rings (SSSR count). The molecule has 0 fully saturated rings. The normalized spacial score (nSPS) is 11.6. The van der Waals surface area contributed by atoms with Crippen LogP contribution in [0.1, 0.15) is 26.3 Å². The van der Waals surface area contributed by atoms with Crippen LogP contribution in [-0.2, 0) is 0 Å². The predicted molar refractivity (Wildman–Crippen MR) is 120 cm³/mol. The molecule has 0 atom stereocenters. The average molecular weight is 463 g/mol. The van der Waals surface area contributed by atoms with Gasteiger partial charge in [0.1, 0.15) is 11.6 Å². The molecule has 0 bridgehead atoms. The molecular weight excluding hydrogens is 439 g/mol. The molecule has 0 aliphatic rings. The Labute approximate surface area is 178 Å². The van der Waals surface area contributed by atoms with E-state index in [4.69, 9.17) is 4.74 Å². The summed E-state index contributed by atoms with van der Waals surface area (Å²) in [6.07, 6.45) is -0.0341. The second-order valence-corrected chi connectivity index (χ2v) is 7.70. The third-order valence-electron chi connectivity index (χ3n) is 3.82. The van der Waals surface area contributed by atoms with Crippen molar-refractivity contribution in [2.45, 2.75) is 26.9 Å². The Hall–Kier alpha value is -2.87. The van der Waals surface area contributed by atoms with E-state index < -0.39 is 6.03 Å². The van der Waals surface area contributed by atoms with Crippen LogP contribution < -0.4 is 15.4 Å². The zero-order chi connectivity index (χ0) is 21.6. The second-order valence-electron chi connectivity index (χ2n) is 6.51. The van der Waals surface area contributed by atoms with E-state index in [2.05, 4.69) is 38.4 Å². The van der Waals surface area contributed by atoms with E-state index in [0.29, 0.717) is 17.1 Å². The van der Waals surface area contributed by atoms with Crippen LogP contribution in [-0.4, -0.2) is 30.9 Å². The molecular formula is C21H24BrFN4O2. The molecule has 29 heavy (non-hydrogen) atoms. The number of rotatable bonds is 7. The summed E-state index contributed by atoms with van der Waals surface area (Å²) in [6, 6.07) is 10.4. The molecule has 0 spiro atoms. The lowest BCUT2D eigenvalue weighted by Gasteiger charge is -2.23. The summed E-state index contributed by atoms with van der Waals surface area (Å²) >= 11 is 3.51. The van der Waals surface area contributed by atoms with Crippen molar-refractivity contribution in [1.29, 1.82) is 0 Å². The molecule has 2 aromatic rings. The highest BCUT2D eigenvalue weighted by Crippen LogP contribution is 2.35. The Morgan fingerprint density at radius 3 is 2.31 bits per heavy atom. The number of benzene rings is 2. The summed E-state index contributed by atoms with van der Waals surface area (Å²) < 4.78 is 19.8. The van der Waals surface area contributed by atoms with Gasteiger partial charge in [0.25, 0.3) is 0 Å². The highest BCUT2D eigenvalue weighted by Gasteiger charge is 2.17. The number of halogens is 2. The van der Waals surface area contributed by atoms with E-state index in [-0.39, 0.29) is 11.9 Å². The van der Waals surface area contributed by atoms with Crippen LogP contribution in [0.4, 0.5) is 20.6 Å². The van der Waals surface area contributed by atoms with Gasteiger partial charge in [-0.1, -0.05) is 15.9 Å². The van der Waals surface area contributed by atoms with Crippen LogP contribution in [0, 0.1) is 5.82 Å². The monoisotopic (exact) mass is 462 g/mol. The van der Waals surface area contributed by atoms with E-state index in [1.54, 1.807) is 30.3 Å². The summed E-state index contributed by atoms with van der Waals surface area (Å²) in [7, 11) is 1.77. The van der Waals surface area contributed by atoms with Crippen LogP contribution in [0.2, 0.25) is 0 Å². The number of amides is 2. The average Bonchev–Trinajstić information content (AvgIpc) is 2.65. The number of urea groups is 1. The van der Waals surface area contributed by atoms with Gasteiger partial charge in [0.05, 0.1) is 11.8 Å². The van der Waals surface area contributed by atoms with Crippen molar-refractivity contribution >= 4 is 45.8 Å². The van der Waals surface area contributed by atoms with Gasteiger partial charge >= 0.3 is 6.03 Å². The lowest BCUT2D eigenvalue weighted by molar-refractivity contribution is 0.241. The molecule has 154 valence electrons. The zero-order valence-electron chi connectivity index (χ0n) is 16.8. The minimum absolute atomic E-state index is 0.0341. The predicted octanol–water partition coefficient (Wildman–Crippen LogP) is 5.89. The Kier molecular flexibility index (Phi) is 7.78. The molecule has 0 aliphatic heterocycles. The van der Waals surface area contributed by atoms with Crippen LogP contribution in [0.25, 0.3) is 5.70 Å². The van der Waals surface area contributed by atoms with Crippen LogP contribution >= 0.6 is 15.9 Å². The van der Waals surface area contributed by atoms with Crippen molar-refractivity contribution in [2.24, 2.45) is 5.10 Å². The number of hydrogen-bond acceptors (Lipinski definition) is 4. The van der Waals surface area contributed by atoms with Crippen molar-refractivity contribution in [3.05, 3.63) is 58.3 Å². The van der Waals surface area contributed by atoms with Crippen molar-refractivity contribution in [3.8, 4) is 5.75 Å². The summed E-state index contributed by atoms with van der Waals surface area (Å²) in [5.41, 5.74) is 2.52. The zero-order valence-corrected chi connectivity index (χ0v) is 18.4. The van der Waals surface area contributed by atoms with Gasteiger partial charge in [0.2, 0.25) is 0 Å². The Balaban J connectivity index is 2.33. The number of nitrogens with one attached hydrogen (secondary N) is 2. The fraction of sp³-hybridized carbons (Fsp3) is 0.238. The van der Waals surface area contributed by atoms with Crippen molar-refractivity contribution < 1.29 is 13.9 Å². The smallest absolute Gasteiger partial charge is 0.323 e. The van der Waals surface area contributed by atoms with Gasteiger partial charge in [-0.25, -0.2) is 9.18 Å². The minimum atomic E-state index is -0.448. The number of carbonyl (C=O) groups is 1. The maximum absolute atomic E-state index is 13.0. The quantitative estimate of drug-likeness (QED) is 0.398. The van der Waals surface area contributed by atoms with Crippen molar-refractivity contribution in [3.63, 3.8) is 0 Å². The molecule has 0 radical (unpaired) electrons. The van der Waals surface area contributed by atoms with Gasteiger partial charge in [-0.05, 0) is 63.2 Å². The van der Waals surface area contributed by atoms with Gasteiger partial charge in [-0.2, -0.15) is 5.10 Å². The molecule has 0 heterocycles. The molecule has 0 saturated heterocycles. The maximum atomic E-state index is 13.0. The Morgan fingerprint density at radius 1 is 1.17 bits per heavy atom. The fourth-order valence-corrected chi connectivity index (χ4v) is 3.10. The van der Waals surface area contributed by atoms with Gasteiger partial charge in [0.15, 0.2) is 0 Å². The summed E-state index contributed by atoms with van der Waals surface area (Å²) in [4.78, 5) is 12.3. The molecule has 0 aromatic heterocycles. The summed E-state index contributed by atoms with van der Waals surface area (Å²) in [5, 5.41) is 11.0.